The molecule has 0 saturated carbocycles. The van der Waals surface area contributed by atoms with Gasteiger partial charge in [0.2, 0.25) is 5.91 Å². The Bertz CT molecular complexity index is 652. The predicted octanol–water partition coefficient (Wildman–Crippen LogP) is 2.81. The number of nitrogens with one attached hydrogen (secondary N) is 1. The second-order valence-electron chi connectivity index (χ2n) is 7.07. The second-order valence-corrected chi connectivity index (χ2v) is 7.51. The van der Waals surface area contributed by atoms with E-state index in [1.165, 1.54) is 0 Å². The molecule has 1 aromatic rings. The fourth-order valence-corrected chi connectivity index (χ4v) is 3.27. The lowest BCUT2D eigenvalue weighted by Gasteiger charge is -2.35. The van der Waals surface area contributed by atoms with E-state index in [1.54, 1.807) is 29.2 Å². The van der Waals surface area contributed by atoms with Gasteiger partial charge < -0.3 is 15.3 Å². The molecule has 1 aliphatic rings. The van der Waals surface area contributed by atoms with E-state index >= 15 is 0 Å². The van der Waals surface area contributed by atoms with Gasteiger partial charge in [0.05, 0.1) is 0 Å². The van der Waals surface area contributed by atoms with E-state index in [2.05, 4.69) is 5.32 Å². The summed E-state index contributed by atoms with van der Waals surface area (Å²) in [4.78, 5) is 37.9. The highest BCUT2D eigenvalue weighted by Gasteiger charge is 2.31. The van der Waals surface area contributed by atoms with Crippen LogP contribution in [0.2, 0.25) is 5.02 Å². The van der Waals surface area contributed by atoms with Crippen LogP contribution in [0.3, 0.4) is 0 Å². The van der Waals surface area contributed by atoms with Gasteiger partial charge in [0.25, 0.3) is 5.91 Å². The van der Waals surface area contributed by atoms with Crippen LogP contribution < -0.4 is 5.32 Å². The smallest absolute Gasteiger partial charge is 0.303 e. The molecule has 0 aliphatic carbocycles. The average molecular weight is 381 g/mol. The molecule has 6 nitrogen and oxygen atoms in total. The lowest BCUT2D eigenvalue weighted by molar-refractivity contribution is -0.139. The first-order valence-corrected chi connectivity index (χ1v) is 9.22. The van der Waals surface area contributed by atoms with Crippen molar-refractivity contribution in [3.8, 4) is 0 Å². The van der Waals surface area contributed by atoms with Gasteiger partial charge in [-0.15, -0.1) is 0 Å². The van der Waals surface area contributed by atoms with E-state index in [0.717, 1.165) is 0 Å². The Hall–Kier alpha value is -2.08. The molecular weight excluding hydrogens is 356 g/mol. The minimum atomic E-state index is -0.801. The van der Waals surface area contributed by atoms with E-state index in [0.29, 0.717) is 36.5 Å². The van der Waals surface area contributed by atoms with Crippen molar-refractivity contribution >= 4 is 29.4 Å². The normalized spacial score (nSPS) is 16.4. The van der Waals surface area contributed by atoms with Crippen LogP contribution in [0.4, 0.5) is 0 Å². The first-order chi connectivity index (χ1) is 12.3. The highest BCUT2D eigenvalue weighted by atomic mass is 35.5. The van der Waals surface area contributed by atoms with Crippen molar-refractivity contribution < 1.29 is 19.5 Å². The highest BCUT2D eigenvalue weighted by Crippen LogP contribution is 2.22. The fourth-order valence-electron chi connectivity index (χ4n) is 3.14. The van der Waals surface area contributed by atoms with E-state index in [9.17, 15) is 14.4 Å². The molecule has 1 saturated heterocycles. The fraction of sp³-hybridized carbons (Fsp3) is 0.526. The summed E-state index contributed by atoms with van der Waals surface area (Å²) >= 11 is 5.84. The topological polar surface area (TPSA) is 86.7 Å². The third kappa shape index (κ3) is 5.46. The summed E-state index contributed by atoms with van der Waals surface area (Å²) in [5.74, 6) is -1.18. The van der Waals surface area contributed by atoms with E-state index in [-0.39, 0.29) is 30.1 Å². The molecule has 2 amide bonds. The Labute approximate surface area is 158 Å². The minimum absolute atomic E-state index is 0.0597. The number of carbonyl (C=O) groups excluding carboxylic acids is 2. The SMILES string of the molecule is CC(C)C(NC(=O)c1ccc(Cl)cc1)C(=O)N1CCC(CC(=O)O)CC1. The zero-order valence-corrected chi connectivity index (χ0v) is 15.8. The molecule has 0 spiro atoms. The van der Waals surface area contributed by atoms with Crippen LogP contribution >= 0.6 is 11.6 Å². The molecule has 1 unspecified atom stereocenters. The molecule has 1 aliphatic heterocycles. The molecule has 1 heterocycles. The van der Waals surface area contributed by atoms with Crippen molar-refractivity contribution in [2.75, 3.05) is 13.1 Å². The number of benzene rings is 1. The van der Waals surface area contributed by atoms with Gasteiger partial charge in [-0.1, -0.05) is 25.4 Å². The van der Waals surface area contributed by atoms with Crippen molar-refractivity contribution in [1.82, 2.24) is 10.2 Å². The van der Waals surface area contributed by atoms with E-state index in [4.69, 9.17) is 16.7 Å². The second kappa shape index (κ2) is 9.03. The van der Waals surface area contributed by atoms with Crippen molar-refractivity contribution in [2.45, 2.75) is 39.2 Å². The third-order valence-corrected chi connectivity index (χ3v) is 4.97. The monoisotopic (exact) mass is 380 g/mol. The number of halogens is 1. The zero-order chi connectivity index (χ0) is 19.3. The molecule has 2 N–H and O–H groups in total. The molecule has 1 aromatic carbocycles. The standard InChI is InChI=1S/C19H25ClN2O4/c1-12(2)17(21-18(25)14-3-5-15(20)6-4-14)19(26)22-9-7-13(8-10-22)11-16(23)24/h3-6,12-13,17H,7-11H2,1-2H3,(H,21,25)(H,23,24). The first-order valence-electron chi connectivity index (χ1n) is 8.85. The summed E-state index contributed by atoms with van der Waals surface area (Å²) in [7, 11) is 0. The molecule has 0 radical (unpaired) electrons. The van der Waals surface area contributed by atoms with Gasteiger partial charge in [-0.2, -0.15) is 0 Å². The van der Waals surface area contributed by atoms with Crippen molar-refractivity contribution in [3.63, 3.8) is 0 Å². The number of aliphatic carboxylic acids is 1. The molecule has 26 heavy (non-hydrogen) atoms. The molecule has 0 aromatic heterocycles. The van der Waals surface area contributed by atoms with Crippen LogP contribution in [0.5, 0.6) is 0 Å². The van der Waals surface area contributed by atoms with Crippen molar-refractivity contribution in [2.24, 2.45) is 11.8 Å². The molecule has 1 atom stereocenters. The Kier molecular flexibility index (Phi) is 7.03. The maximum atomic E-state index is 12.9. The van der Waals surface area contributed by atoms with E-state index in [1.807, 2.05) is 13.8 Å². The van der Waals surface area contributed by atoms with Gasteiger partial charge in [-0.05, 0) is 48.9 Å². The quantitative estimate of drug-likeness (QED) is 0.794. The number of hydrogen-bond donors (Lipinski definition) is 2. The van der Waals surface area contributed by atoms with Crippen LogP contribution in [0, 0.1) is 11.8 Å². The number of amides is 2. The zero-order valence-electron chi connectivity index (χ0n) is 15.1. The maximum absolute atomic E-state index is 12.9. The van der Waals surface area contributed by atoms with Crippen LogP contribution in [-0.4, -0.2) is 46.9 Å². The largest absolute Gasteiger partial charge is 0.481 e. The Morgan fingerprint density at radius 3 is 2.27 bits per heavy atom. The molecule has 2 rings (SSSR count). The number of piperidine rings is 1. The number of likely N-dealkylation sites (tertiary alicyclic amines) is 1. The third-order valence-electron chi connectivity index (χ3n) is 4.72. The maximum Gasteiger partial charge on any atom is 0.303 e. The van der Waals surface area contributed by atoms with Gasteiger partial charge in [0, 0.05) is 30.1 Å². The van der Waals surface area contributed by atoms with Gasteiger partial charge >= 0.3 is 5.97 Å². The molecule has 1 fully saturated rings. The number of hydrogen-bond acceptors (Lipinski definition) is 3. The number of nitrogens with zero attached hydrogens (tertiary/aromatic N) is 1. The lowest BCUT2D eigenvalue weighted by atomic mass is 9.92. The Morgan fingerprint density at radius 2 is 1.77 bits per heavy atom. The minimum Gasteiger partial charge on any atom is -0.481 e. The van der Waals surface area contributed by atoms with Crippen LogP contribution in [-0.2, 0) is 9.59 Å². The van der Waals surface area contributed by atoms with Gasteiger partial charge in [-0.25, -0.2) is 0 Å². The van der Waals surface area contributed by atoms with Crippen LogP contribution in [0.1, 0.15) is 43.5 Å². The summed E-state index contributed by atoms with van der Waals surface area (Å²) in [6.07, 6.45) is 1.49. The average Bonchev–Trinajstić information content (AvgIpc) is 2.59. The highest BCUT2D eigenvalue weighted by molar-refractivity contribution is 6.30. The summed E-state index contributed by atoms with van der Waals surface area (Å²) in [5.41, 5.74) is 0.452. The number of carbonyl (C=O) groups is 3. The summed E-state index contributed by atoms with van der Waals surface area (Å²) in [6.45, 7) is 4.83. The van der Waals surface area contributed by atoms with Crippen LogP contribution in [0.25, 0.3) is 0 Å². The summed E-state index contributed by atoms with van der Waals surface area (Å²) in [6, 6.07) is 5.90. The van der Waals surface area contributed by atoms with Crippen molar-refractivity contribution in [1.29, 1.82) is 0 Å². The van der Waals surface area contributed by atoms with Gasteiger partial charge in [0.1, 0.15) is 6.04 Å². The number of carboxylic acid groups (broad SMARTS) is 1. The summed E-state index contributed by atoms with van der Waals surface area (Å²) < 4.78 is 0. The molecular formula is C19H25ClN2O4. The van der Waals surface area contributed by atoms with E-state index < -0.39 is 12.0 Å². The Morgan fingerprint density at radius 1 is 1.19 bits per heavy atom. The molecule has 142 valence electrons. The predicted molar refractivity (Wildman–Crippen MR) is 99.1 cm³/mol. The lowest BCUT2D eigenvalue weighted by Crippen LogP contribution is -2.53. The molecule has 7 heteroatoms. The van der Waals surface area contributed by atoms with Crippen molar-refractivity contribution in [3.05, 3.63) is 34.9 Å². The molecule has 0 bridgehead atoms. The summed E-state index contributed by atoms with van der Waals surface area (Å²) in [5, 5.41) is 12.3. The Balaban J connectivity index is 1.98. The van der Waals surface area contributed by atoms with Gasteiger partial charge in [0.15, 0.2) is 0 Å². The van der Waals surface area contributed by atoms with Gasteiger partial charge in [-0.3, -0.25) is 14.4 Å². The first kappa shape index (κ1) is 20.2. The number of rotatable bonds is 6. The van der Waals surface area contributed by atoms with Crippen LogP contribution in [0.15, 0.2) is 24.3 Å². The number of carboxylic acids is 1.